The zero-order valence-corrected chi connectivity index (χ0v) is 14.3. The Kier molecular flexibility index (Phi) is 6.18. The first-order chi connectivity index (χ1) is 11.5. The second kappa shape index (κ2) is 8.34. The number of rotatable bonds is 7. The summed E-state index contributed by atoms with van der Waals surface area (Å²) in [6.45, 7) is 3.12. The average molecular weight is 330 g/mol. The van der Waals surface area contributed by atoms with Crippen LogP contribution < -0.4 is 9.64 Å². The summed E-state index contributed by atoms with van der Waals surface area (Å²) in [7, 11) is 3.91. The van der Waals surface area contributed by atoms with Crippen LogP contribution >= 0.6 is 0 Å². The molecule has 5 heteroatoms. The van der Waals surface area contributed by atoms with E-state index >= 15 is 0 Å². The zero-order chi connectivity index (χ0) is 17.5. The van der Waals surface area contributed by atoms with Gasteiger partial charge in [-0.05, 0) is 43.3 Å². The van der Waals surface area contributed by atoms with Crippen molar-refractivity contribution in [1.29, 1.82) is 0 Å². The van der Waals surface area contributed by atoms with Gasteiger partial charge in [0.1, 0.15) is 6.61 Å². The van der Waals surface area contributed by atoms with E-state index in [4.69, 9.17) is 4.74 Å². The Labute approximate surface area is 142 Å². The third kappa shape index (κ3) is 4.47. The second-order valence-electron chi connectivity index (χ2n) is 5.61. The van der Waals surface area contributed by atoms with Crippen molar-refractivity contribution in [2.24, 2.45) is 0 Å². The van der Waals surface area contributed by atoms with Gasteiger partial charge >= 0.3 is 0 Å². The van der Waals surface area contributed by atoms with E-state index in [9.17, 15) is 9.18 Å². The molecule has 0 spiro atoms. The molecule has 0 aliphatic heterocycles. The number of hydrogen-bond acceptors (Lipinski definition) is 3. The molecule has 0 unspecified atom stereocenters. The van der Waals surface area contributed by atoms with Crippen LogP contribution in [0, 0.1) is 5.82 Å². The monoisotopic (exact) mass is 330 g/mol. The summed E-state index contributed by atoms with van der Waals surface area (Å²) in [6.07, 6.45) is 0. The molecule has 0 saturated carbocycles. The summed E-state index contributed by atoms with van der Waals surface area (Å²) >= 11 is 0. The average Bonchev–Trinajstić information content (AvgIpc) is 2.60. The Morgan fingerprint density at radius 2 is 1.75 bits per heavy atom. The number of carbonyl (C=O) groups is 1. The molecule has 0 heterocycles. The number of likely N-dealkylation sites (N-methyl/N-ethyl adjacent to an activating group) is 1. The third-order valence-corrected chi connectivity index (χ3v) is 3.76. The minimum atomic E-state index is -0.397. The molecule has 0 bridgehead atoms. The minimum absolute atomic E-state index is 0.0556. The number of amides is 1. The van der Waals surface area contributed by atoms with Crippen molar-refractivity contribution in [3.63, 3.8) is 0 Å². The number of ether oxygens (including phenoxy) is 1. The molecule has 0 N–H and O–H groups in total. The van der Waals surface area contributed by atoms with Crippen molar-refractivity contribution in [2.45, 2.75) is 6.92 Å². The van der Waals surface area contributed by atoms with E-state index in [1.807, 2.05) is 50.2 Å². The Morgan fingerprint density at radius 1 is 1.08 bits per heavy atom. The highest BCUT2D eigenvalue weighted by molar-refractivity contribution is 5.94. The molecule has 0 fully saturated rings. The van der Waals surface area contributed by atoms with Gasteiger partial charge < -0.3 is 14.5 Å². The Morgan fingerprint density at radius 3 is 2.33 bits per heavy atom. The van der Waals surface area contributed by atoms with Gasteiger partial charge in [-0.2, -0.15) is 0 Å². The molecular weight excluding hydrogens is 307 g/mol. The van der Waals surface area contributed by atoms with Gasteiger partial charge in [-0.1, -0.05) is 12.1 Å². The maximum absolute atomic E-state index is 13.5. The number of hydrogen-bond donors (Lipinski definition) is 0. The number of para-hydroxylation sites is 1. The molecule has 0 aliphatic carbocycles. The maximum Gasteiger partial charge on any atom is 0.253 e. The molecule has 0 aliphatic rings. The van der Waals surface area contributed by atoms with E-state index in [1.165, 1.54) is 6.07 Å². The fourth-order valence-corrected chi connectivity index (χ4v) is 2.32. The van der Waals surface area contributed by atoms with Gasteiger partial charge in [0.05, 0.1) is 6.54 Å². The lowest BCUT2D eigenvalue weighted by atomic mass is 10.1. The Hall–Kier alpha value is -2.56. The van der Waals surface area contributed by atoms with Gasteiger partial charge in [-0.25, -0.2) is 4.39 Å². The molecule has 2 rings (SSSR count). The minimum Gasteiger partial charge on any atom is -0.489 e. The van der Waals surface area contributed by atoms with Crippen LogP contribution in [-0.2, 0) is 0 Å². The fourth-order valence-electron chi connectivity index (χ4n) is 2.32. The summed E-state index contributed by atoms with van der Waals surface area (Å²) in [5, 5.41) is 0. The number of nitrogens with zero attached hydrogens (tertiary/aromatic N) is 2. The van der Waals surface area contributed by atoms with Crippen molar-refractivity contribution in [2.75, 3.05) is 38.7 Å². The van der Waals surface area contributed by atoms with E-state index in [0.717, 1.165) is 5.69 Å². The van der Waals surface area contributed by atoms with E-state index in [-0.39, 0.29) is 18.3 Å². The van der Waals surface area contributed by atoms with Crippen LogP contribution in [0.3, 0.4) is 0 Å². The van der Waals surface area contributed by atoms with E-state index in [1.54, 1.807) is 23.1 Å². The largest absolute Gasteiger partial charge is 0.489 e. The topological polar surface area (TPSA) is 32.8 Å². The normalized spacial score (nSPS) is 10.3. The smallest absolute Gasteiger partial charge is 0.253 e. The van der Waals surface area contributed by atoms with Gasteiger partial charge in [0.15, 0.2) is 11.6 Å². The zero-order valence-electron chi connectivity index (χ0n) is 14.3. The highest BCUT2D eigenvalue weighted by Crippen LogP contribution is 2.16. The predicted octanol–water partition coefficient (Wildman–Crippen LogP) is 3.43. The van der Waals surface area contributed by atoms with Crippen LogP contribution in [-0.4, -0.2) is 44.6 Å². The van der Waals surface area contributed by atoms with Gasteiger partial charge in [0, 0.05) is 31.9 Å². The first kappa shape index (κ1) is 17.8. The Bertz CT molecular complexity index is 671. The first-order valence-electron chi connectivity index (χ1n) is 7.97. The van der Waals surface area contributed by atoms with Crippen molar-refractivity contribution >= 4 is 11.6 Å². The molecule has 2 aromatic rings. The lowest BCUT2D eigenvalue weighted by molar-refractivity contribution is 0.0739. The summed E-state index contributed by atoms with van der Waals surface area (Å²) in [5.41, 5.74) is 1.67. The molecular formula is C19H23FN2O2. The summed E-state index contributed by atoms with van der Waals surface area (Å²) in [5.74, 6) is -0.248. The summed E-state index contributed by atoms with van der Waals surface area (Å²) in [6, 6.07) is 13.7. The van der Waals surface area contributed by atoms with Crippen molar-refractivity contribution in [1.82, 2.24) is 4.90 Å². The highest BCUT2D eigenvalue weighted by atomic mass is 19.1. The summed E-state index contributed by atoms with van der Waals surface area (Å²) < 4.78 is 18.9. The molecule has 0 atom stereocenters. The molecule has 128 valence electrons. The standard InChI is InChI=1S/C19H23FN2O2/c1-4-22(13-14-24-18-8-6-5-7-17(18)20)19(23)15-9-11-16(12-10-15)21(2)3/h5-12H,4,13-14H2,1-3H3. The first-order valence-corrected chi connectivity index (χ1v) is 7.97. The van der Waals surface area contributed by atoms with Crippen LogP contribution in [0.4, 0.5) is 10.1 Å². The quantitative estimate of drug-likeness (QED) is 0.780. The summed E-state index contributed by atoms with van der Waals surface area (Å²) in [4.78, 5) is 16.2. The number of benzene rings is 2. The van der Waals surface area contributed by atoms with Gasteiger partial charge in [-0.15, -0.1) is 0 Å². The molecule has 2 aromatic carbocycles. The molecule has 0 radical (unpaired) electrons. The highest BCUT2D eigenvalue weighted by Gasteiger charge is 2.14. The van der Waals surface area contributed by atoms with Crippen molar-refractivity contribution in [3.8, 4) is 5.75 Å². The second-order valence-corrected chi connectivity index (χ2v) is 5.61. The molecule has 0 saturated heterocycles. The fraction of sp³-hybridized carbons (Fsp3) is 0.316. The number of halogens is 1. The van der Waals surface area contributed by atoms with Gasteiger partial charge in [0.2, 0.25) is 0 Å². The van der Waals surface area contributed by atoms with Crippen LogP contribution in [0.1, 0.15) is 17.3 Å². The SMILES string of the molecule is CCN(CCOc1ccccc1F)C(=O)c1ccc(N(C)C)cc1. The van der Waals surface area contributed by atoms with Crippen molar-refractivity contribution < 1.29 is 13.9 Å². The van der Waals surface area contributed by atoms with Crippen LogP contribution in [0.25, 0.3) is 0 Å². The van der Waals surface area contributed by atoms with Crippen LogP contribution in [0.15, 0.2) is 48.5 Å². The number of carbonyl (C=O) groups excluding carboxylic acids is 1. The third-order valence-electron chi connectivity index (χ3n) is 3.76. The molecule has 24 heavy (non-hydrogen) atoms. The number of anilines is 1. The molecule has 1 amide bonds. The Balaban J connectivity index is 1.95. The molecule has 0 aromatic heterocycles. The van der Waals surface area contributed by atoms with Crippen LogP contribution in [0.5, 0.6) is 5.75 Å². The maximum atomic E-state index is 13.5. The van der Waals surface area contributed by atoms with E-state index < -0.39 is 5.82 Å². The predicted molar refractivity (Wildman–Crippen MR) is 94.2 cm³/mol. The van der Waals surface area contributed by atoms with Gasteiger partial charge in [0.25, 0.3) is 5.91 Å². The van der Waals surface area contributed by atoms with Gasteiger partial charge in [-0.3, -0.25) is 4.79 Å². The van der Waals surface area contributed by atoms with Crippen molar-refractivity contribution in [3.05, 3.63) is 59.9 Å². The lowest BCUT2D eigenvalue weighted by Gasteiger charge is -2.21. The lowest BCUT2D eigenvalue weighted by Crippen LogP contribution is -2.34. The van der Waals surface area contributed by atoms with Crippen LogP contribution in [0.2, 0.25) is 0 Å². The van der Waals surface area contributed by atoms with E-state index in [0.29, 0.717) is 18.7 Å². The molecule has 4 nitrogen and oxygen atoms in total. The van der Waals surface area contributed by atoms with E-state index in [2.05, 4.69) is 0 Å².